The van der Waals surface area contributed by atoms with Gasteiger partial charge in [-0.3, -0.25) is 4.57 Å². The largest absolute Gasteiger partial charge is 0.376 e. The molecule has 2 aliphatic heterocycles. The third-order valence-corrected chi connectivity index (χ3v) is 5.33. The summed E-state index contributed by atoms with van der Waals surface area (Å²) in [6.45, 7) is 6.13. The van der Waals surface area contributed by atoms with Gasteiger partial charge in [0.25, 0.3) is 0 Å². The highest BCUT2D eigenvalue weighted by Crippen LogP contribution is 2.14. The van der Waals surface area contributed by atoms with Gasteiger partial charge in [0.2, 0.25) is 0 Å². The Morgan fingerprint density at radius 3 is 2.96 bits per heavy atom. The maximum atomic E-state index is 12.5. The van der Waals surface area contributed by atoms with Crippen LogP contribution >= 0.6 is 0 Å². The number of hydrogen-bond acceptors (Lipinski definition) is 4. The monoisotopic (exact) mass is 379 g/mol. The van der Waals surface area contributed by atoms with Crippen LogP contribution in [-0.4, -0.2) is 57.6 Å². The van der Waals surface area contributed by atoms with E-state index in [0.29, 0.717) is 26.1 Å². The number of carbonyl (C=O) groups is 1. The van der Waals surface area contributed by atoms with Gasteiger partial charge in [-0.15, -0.1) is 0 Å². The zero-order valence-electron chi connectivity index (χ0n) is 16.5. The fourth-order valence-corrected chi connectivity index (χ4v) is 3.87. The minimum absolute atomic E-state index is 0.0157. The maximum Gasteiger partial charge on any atom is 0.345 e. The highest BCUT2D eigenvalue weighted by atomic mass is 16.5. The second-order valence-corrected chi connectivity index (χ2v) is 7.55. The van der Waals surface area contributed by atoms with E-state index in [2.05, 4.69) is 17.3 Å². The Kier molecular flexibility index (Phi) is 7.32. The first-order valence-electron chi connectivity index (χ1n) is 10.5. The van der Waals surface area contributed by atoms with Gasteiger partial charge in [-0.25, -0.2) is 14.3 Å². The number of nitrogens with one attached hydrogen (secondary N) is 1. The molecule has 8 nitrogen and oxygen atoms in total. The Balaban J connectivity index is 1.43. The molecule has 1 aromatic rings. The lowest BCUT2D eigenvalue weighted by Crippen LogP contribution is -2.45. The number of urea groups is 1. The SMILES string of the molecule is CCCN(CC1CCCCO1)C(=O)NCCCn1nc2n(c1=O)CCCC2. The Labute approximate surface area is 160 Å². The van der Waals surface area contributed by atoms with Gasteiger partial charge in [-0.1, -0.05) is 6.92 Å². The van der Waals surface area contributed by atoms with E-state index < -0.39 is 0 Å². The third-order valence-electron chi connectivity index (χ3n) is 5.33. The summed E-state index contributed by atoms with van der Waals surface area (Å²) < 4.78 is 9.11. The molecule has 152 valence electrons. The third kappa shape index (κ3) is 5.34. The van der Waals surface area contributed by atoms with E-state index in [0.717, 1.165) is 64.0 Å². The molecule has 0 aliphatic carbocycles. The highest BCUT2D eigenvalue weighted by molar-refractivity contribution is 5.74. The van der Waals surface area contributed by atoms with Gasteiger partial charge in [-0.2, -0.15) is 5.10 Å². The molecular weight excluding hydrogens is 346 g/mol. The van der Waals surface area contributed by atoms with E-state index in [9.17, 15) is 9.59 Å². The molecule has 2 amide bonds. The van der Waals surface area contributed by atoms with Crippen molar-refractivity contribution in [3.8, 4) is 0 Å². The van der Waals surface area contributed by atoms with Gasteiger partial charge in [0.1, 0.15) is 5.82 Å². The van der Waals surface area contributed by atoms with Crippen LogP contribution in [0, 0.1) is 0 Å². The molecule has 1 aromatic heterocycles. The van der Waals surface area contributed by atoms with Crippen molar-refractivity contribution in [3.63, 3.8) is 0 Å². The highest BCUT2D eigenvalue weighted by Gasteiger charge is 2.21. The standard InChI is InChI=1S/C19H33N5O3/c1-2-11-22(15-16-8-4-6-14-27-16)18(25)20-10-7-13-24-19(26)23-12-5-3-9-17(23)21-24/h16H,2-15H2,1H3,(H,20,25). The minimum Gasteiger partial charge on any atom is -0.376 e. The van der Waals surface area contributed by atoms with Crippen LogP contribution in [0.3, 0.4) is 0 Å². The van der Waals surface area contributed by atoms with E-state index in [1.807, 2.05) is 4.90 Å². The molecule has 0 saturated carbocycles. The van der Waals surface area contributed by atoms with E-state index in [4.69, 9.17) is 4.74 Å². The van der Waals surface area contributed by atoms with Crippen molar-refractivity contribution in [1.29, 1.82) is 0 Å². The summed E-state index contributed by atoms with van der Waals surface area (Å²) in [4.78, 5) is 26.7. The Hall–Kier alpha value is -1.83. The van der Waals surface area contributed by atoms with Gasteiger partial charge >= 0.3 is 11.7 Å². The topological polar surface area (TPSA) is 81.4 Å². The molecule has 1 unspecified atom stereocenters. The van der Waals surface area contributed by atoms with Crippen LogP contribution in [0.4, 0.5) is 4.79 Å². The Morgan fingerprint density at radius 1 is 1.33 bits per heavy atom. The number of aryl methyl sites for hydroxylation is 2. The van der Waals surface area contributed by atoms with E-state index in [-0.39, 0.29) is 17.8 Å². The first kappa shape index (κ1) is 19.9. The van der Waals surface area contributed by atoms with Crippen molar-refractivity contribution >= 4 is 6.03 Å². The van der Waals surface area contributed by atoms with Crippen LogP contribution in [0.2, 0.25) is 0 Å². The number of carbonyl (C=O) groups excluding carboxylic acids is 1. The molecule has 3 rings (SSSR count). The summed E-state index contributed by atoms with van der Waals surface area (Å²) in [6.07, 6.45) is 8.14. The molecule has 1 saturated heterocycles. The number of hydrogen-bond donors (Lipinski definition) is 1. The fraction of sp³-hybridized carbons (Fsp3) is 0.842. The van der Waals surface area contributed by atoms with Crippen molar-refractivity contribution in [2.75, 3.05) is 26.2 Å². The fourth-order valence-electron chi connectivity index (χ4n) is 3.87. The number of amides is 2. The zero-order chi connectivity index (χ0) is 19.1. The summed E-state index contributed by atoms with van der Waals surface area (Å²) >= 11 is 0. The van der Waals surface area contributed by atoms with Crippen molar-refractivity contribution in [2.45, 2.75) is 77.5 Å². The summed E-state index contributed by atoms with van der Waals surface area (Å²) in [5.74, 6) is 0.900. The molecular formula is C19H33N5O3. The normalized spacial score (nSPS) is 19.5. The number of nitrogens with zero attached hydrogens (tertiary/aromatic N) is 4. The van der Waals surface area contributed by atoms with Crippen molar-refractivity contribution < 1.29 is 9.53 Å². The molecule has 3 heterocycles. The van der Waals surface area contributed by atoms with E-state index >= 15 is 0 Å². The van der Waals surface area contributed by atoms with Crippen molar-refractivity contribution in [1.82, 2.24) is 24.6 Å². The number of ether oxygens (including phenoxy) is 1. The smallest absolute Gasteiger partial charge is 0.345 e. The molecule has 0 spiro atoms. The summed E-state index contributed by atoms with van der Waals surface area (Å²) in [7, 11) is 0. The number of aromatic nitrogens is 3. The lowest BCUT2D eigenvalue weighted by atomic mass is 10.1. The van der Waals surface area contributed by atoms with Gasteiger partial charge in [0, 0.05) is 45.8 Å². The second-order valence-electron chi connectivity index (χ2n) is 7.55. The first-order chi connectivity index (χ1) is 13.2. The molecule has 27 heavy (non-hydrogen) atoms. The lowest BCUT2D eigenvalue weighted by molar-refractivity contribution is 0.000721. The molecule has 0 aromatic carbocycles. The van der Waals surface area contributed by atoms with Gasteiger partial charge < -0.3 is 15.0 Å². The predicted molar refractivity (Wildman–Crippen MR) is 103 cm³/mol. The molecule has 8 heteroatoms. The van der Waals surface area contributed by atoms with E-state index in [1.54, 1.807) is 9.25 Å². The Bertz CT molecular complexity index is 663. The van der Waals surface area contributed by atoms with Gasteiger partial charge in [0.15, 0.2) is 0 Å². The van der Waals surface area contributed by atoms with Gasteiger partial charge in [0.05, 0.1) is 6.10 Å². The average molecular weight is 380 g/mol. The van der Waals surface area contributed by atoms with Crippen LogP contribution in [-0.2, 0) is 24.2 Å². The predicted octanol–water partition coefficient (Wildman–Crippen LogP) is 1.76. The molecule has 1 N–H and O–H groups in total. The molecule has 0 bridgehead atoms. The summed E-state index contributed by atoms with van der Waals surface area (Å²) in [6, 6.07) is -0.0393. The number of fused-ring (bicyclic) bond motifs is 1. The molecule has 1 atom stereocenters. The van der Waals surface area contributed by atoms with Gasteiger partial charge in [-0.05, 0) is 44.9 Å². The summed E-state index contributed by atoms with van der Waals surface area (Å²) in [5.41, 5.74) is -0.0157. The minimum atomic E-state index is -0.0393. The second kappa shape index (κ2) is 9.92. The van der Waals surface area contributed by atoms with Crippen LogP contribution in [0.25, 0.3) is 0 Å². The van der Waals surface area contributed by atoms with Crippen molar-refractivity contribution in [3.05, 3.63) is 16.3 Å². The molecule has 0 radical (unpaired) electrons. The lowest BCUT2D eigenvalue weighted by Gasteiger charge is -2.30. The van der Waals surface area contributed by atoms with Crippen LogP contribution in [0.1, 0.15) is 57.7 Å². The van der Waals surface area contributed by atoms with Crippen LogP contribution < -0.4 is 11.0 Å². The van der Waals surface area contributed by atoms with Crippen LogP contribution in [0.15, 0.2) is 4.79 Å². The number of rotatable bonds is 8. The van der Waals surface area contributed by atoms with Crippen molar-refractivity contribution in [2.24, 2.45) is 0 Å². The summed E-state index contributed by atoms with van der Waals surface area (Å²) in [5, 5.41) is 7.43. The average Bonchev–Trinajstić information content (AvgIpc) is 3.01. The quantitative estimate of drug-likeness (QED) is 0.698. The Morgan fingerprint density at radius 2 is 2.22 bits per heavy atom. The maximum absolute atomic E-state index is 12.5. The first-order valence-corrected chi connectivity index (χ1v) is 10.5. The zero-order valence-corrected chi connectivity index (χ0v) is 16.5. The molecule has 1 fully saturated rings. The van der Waals surface area contributed by atoms with E-state index in [1.165, 1.54) is 6.42 Å². The molecule has 2 aliphatic rings. The van der Waals surface area contributed by atoms with Crippen LogP contribution in [0.5, 0.6) is 0 Å².